The van der Waals surface area contributed by atoms with E-state index in [1.165, 1.54) is 42.4 Å². The van der Waals surface area contributed by atoms with E-state index in [1.54, 1.807) is 0 Å². The fraction of sp³-hybridized carbons (Fsp3) is 0.600. The monoisotopic (exact) mass is 242 g/mol. The van der Waals surface area contributed by atoms with Crippen LogP contribution in [-0.2, 0) is 0 Å². The third-order valence-corrected chi connectivity index (χ3v) is 2.32. The third kappa shape index (κ3) is 10.0. The lowest BCUT2D eigenvalue weighted by Gasteiger charge is -1.96. The van der Waals surface area contributed by atoms with Gasteiger partial charge in [0.15, 0.2) is 0 Å². The van der Waals surface area contributed by atoms with Gasteiger partial charge in [-0.3, -0.25) is 0 Å². The van der Waals surface area contributed by atoms with E-state index in [0.29, 0.717) is 0 Å². The summed E-state index contributed by atoms with van der Waals surface area (Å²) >= 11 is 0. The van der Waals surface area contributed by atoms with Crippen LogP contribution >= 0.6 is 12.4 Å². The van der Waals surface area contributed by atoms with Gasteiger partial charge >= 0.3 is 0 Å². The molecular formula is C15H27Cl. The Kier molecular flexibility index (Phi) is 12.3. The van der Waals surface area contributed by atoms with Crippen molar-refractivity contribution in [3.05, 3.63) is 34.9 Å². The van der Waals surface area contributed by atoms with Gasteiger partial charge in [0.2, 0.25) is 0 Å². The minimum atomic E-state index is 0. The first-order chi connectivity index (χ1) is 7.10. The number of unbranched alkanes of at least 4 members (excludes halogenated alkanes) is 3. The van der Waals surface area contributed by atoms with Crippen LogP contribution in [0.15, 0.2) is 18.2 Å². The summed E-state index contributed by atoms with van der Waals surface area (Å²) in [7, 11) is 0. The topological polar surface area (TPSA) is 0 Å². The molecule has 0 unspecified atom stereocenters. The highest BCUT2D eigenvalue weighted by atomic mass is 35.5. The number of hydrogen-bond donors (Lipinski definition) is 0. The van der Waals surface area contributed by atoms with Gasteiger partial charge in [-0.1, -0.05) is 74.4 Å². The lowest BCUT2D eigenvalue weighted by Crippen LogP contribution is -1.78. The molecule has 94 valence electrons. The van der Waals surface area contributed by atoms with Crippen LogP contribution in [0, 0.1) is 20.8 Å². The van der Waals surface area contributed by atoms with Crippen LogP contribution in [0.25, 0.3) is 0 Å². The van der Waals surface area contributed by atoms with Crippen LogP contribution in [0.5, 0.6) is 0 Å². The predicted octanol–water partition coefficient (Wildman–Crippen LogP) is 5.62. The fourth-order valence-corrected chi connectivity index (χ4v) is 1.70. The van der Waals surface area contributed by atoms with Crippen molar-refractivity contribution in [1.29, 1.82) is 0 Å². The smallest absolute Gasteiger partial charge is 0.0398 e. The highest BCUT2D eigenvalue weighted by Gasteiger charge is 1.87. The van der Waals surface area contributed by atoms with Gasteiger partial charge in [0.05, 0.1) is 0 Å². The number of halogens is 1. The molecule has 0 amide bonds. The second-order valence-electron chi connectivity index (χ2n) is 4.37. The molecule has 1 heteroatoms. The minimum Gasteiger partial charge on any atom is -0.147 e. The van der Waals surface area contributed by atoms with Gasteiger partial charge < -0.3 is 0 Å². The second kappa shape index (κ2) is 11.0. The molecule has 0 nitrogen and oxygen atoms in total. The summed E-state index contributed by atoms with van der Waals surface area (Å²) in [5, 5.41) is 0. The lowest BCUT2D eigenvalue weighted by molar-refractivity contribution is 0.702. The molecule has 0 atom stereocenters. The Morgan fingerprint density at radius 2 is 0.938 bits per heavy atom. The van der Waals surface area contributed by atoms with Crippen molar-refractivity contribution in [3.63, 3.8) is 0 Å². The zero-order valence-corrected chi connectivity index (χ0v) is 12.3. The Balaban J connectivity index is 0. The van der Waals surface area contributed by atoms with Crippen LogP contribution in [0.4, 0.5) is 0 Å². The Hall–Kier alpha value is -0.490. The molecule has 0 aliphatic rings. The summed E-state index contributed by atoms with van der Waals surface area (Å²) < 4.78 is 0. The number of benzene rings is 1. The van der Waals surface area contributed by atoms with E-state index in [-0.39, 0.29) is 12.4 Å². The van der Waals surface area contributed by atoms with Gasteiger partial charge in [-0.25, -0.2) is 0 Å². The SMILES string of the molecule is CCCCCC.Cc1cc(C)cc(C)c1.Cl. The zero-order valence-electron chi connectivity index (χ0n) is 11.5. The summed E-state index contributed by atoms with van der Waals surface area (Å²) in [6.07, 6.45) is 5.54. The first-order valence-electron chi connectivity index (χ1n) is 6.15. The quantitative estimate of drug-likeness (QED) is 0.604. The van der Waals surface area contributed by atoms with Crippen molar-refractivity contribution in [1.82, 2.24) is 0 Å². The van der Waals surface area contributed by atoms with Crippen molar-refractivity contribution < 1.29 is 0 Å². The largest absolute Gasteiger partial charge is 0.147 e. The van der Waals surface area contributed by atoms with E-state index < -0.39 is 0 Å². The van der Waals surface area contributed by atoms with Crippen LogP contribution in [0.2, 0.25) is 0 Å². The molecule has 0 aliphatic carbocycles. The van der Waals surface area contributed by atoms with Gasteiger partial charge in [0.25, 0.3) is 0 Å². The molecule has 0 spiro atoms. The Bertz CT molecular complexity index is 212. The highest BCUT2D eigenvalue weighted by Crippen LogP contribution is 2.06. The number of aryl methyl sites for hydroxylation is 3. The minimum absolute atomic E-state index is 0. The molecule has 0 heterocycles. The summed E-state index contributed by atoms with van der Waals surface area (Å²) in [5.74, 6) is 0. The normalized spacial score (nSPS) is 8.81. The molecule has 16 heavy (non-hydrogen) atoms. The molecule has 0 saturated carbocycles. The second-order valence-corrected chi connectivity index (χ2v) is 4.37. The molecular weight excluding hydrogens is 216 g/mol. The first kappa shape index (κ1) is 17.9. The molecule has 0 fully saturated rings. The fourth-order valence-electron chi connectivity index (χ4n) is 1.70. The molecule has 0 aromatic heterocycles. The maximum Gasteiger partial charge on any atom is -0.0398 e. The van der Waals surface area contributed by atoms with E-state index >= 15 is 0 Å². The van der Waals surface area contributed by atoms with Crippen LogP contribution in [0.3, 0.4) is 0 Å². The molecule has 0 N–H and O–H groups in total. The van der Waals surface area contributed by atoms with Gasteiger partial charge in [-0.2, -0.15) is 0 Å². The molecule has 0 radical (unpaired) electrons. The standard InChI is InChI=1S/C9H12.C6H14.ClH/c1-7-4-8(2)6-9(3)5-7;1-3-5-6-4-2;/h4-6H,1-3H3;3-6H2,1-2H3;1H. The molecule has 0 bridgehead atoms. The Morgan fingerprint density at radius 3 is 1.12 bits per heavy atom. The van der Waals surface area contributed by atoms with E-state index in [0.717, 1.165) is 0 Å². The summed E-state index contributed by atoms with van der Waals surface area (Å²) in [6, 6.07) is 6.56. The number of rotatable bonds is 3. The van der Waals surface area contributed by atoms with E-state index in [2.05, 4.69) is 52.8 Å². The van der Waals surface area contributed by atoms with Gasteiger partial charge in [-0.15, -0.1) is 12.4 Å². The Morgan fingerprint density at radius 1 is 0.688 bits per heavy atom. The van der Waals surface area contributed by atoms with E-state index in [4.69, 9.17) is 0 Å². The van der Waals surface area contributed by atoms with Crippen LogP contribution < -0.4 is 0 Å². The van der Waals surface area contributed by atoms with Crippen molar-refractivity contribution >= 4 is 12.4 Å². The van der Waals surface area contributed by atoms with Crippen LogP contribution in [0.1, 0.15) is 56.2 Å². The molecule has 1 rings (SSSR count). The van der Waals surface area contributed by atoms with Gasteiger partial charge in [0, 0.05) is 0 Å². The molecule has 1 aromatic rings. The molecule has 1 aromatic carbocycles. The summed E-state index contributed by atoms with van der Waals surface area (Å²) in [4.78, 5) is 0. The molecule has 0 aliphatic heterocycles. The van der Waals surface area contributed by atoms with Crippen molar-refractivity contribution in [2.45, 2.75) is 60.3 Å². The third-order valence-electron chi connectivity index (χ3n) is 2.32. The maximum atomic E-state index is 2.23. The maximum absolute atomic E-state index is 2.23. The van der Waals surface area contributed by atoms with E-state index in [9.17, 15) is 0 Å². The van der Waals surface area contributed by atoms with Gasteiger partial charge in [-0.05, 0) is 20.8 Å². The van der Waals surface area contributed by atoms with E-state index in [1.807, 2.05) is 0 Å². The summed E-state index contributed by atoms with van der Waals surface area (Å²) in [6.45, 7) is 10.8. The zero-order chi connectivity index (χ0) is 11.7. The lowest BCUT2D eigenvalue weighted by atomic mass is 10.1. The summed E-state index contributed by atoms with van der Waals surface area (Å²) in [5.41, 5.74) is 4.06. The van der Waals surface area contributed by atoms with Crippen LogP contribution in [-0.4, -0.2) is 0 Å². The molecule has 0 saturated heterocycles. The van der Waals surface area contributed by atoms with Gasteiger partial charge in [0.1, 0.15) is 0 Å². The number of hydrogen-bond acceptors (Lipinski definition) is 0. The van der Waals surface area contributed by atoms with Crippen molar-refractivity contribution in [3.8, 4) is 0 Å². The van der Waals surface area contributed by atoms with Crippen molar-refractivity contribution in [2.75, 3.05) is 0 Å². The average molecular weight is 243 g/mol. The van der Waals surface area contributed by atoms with Crippen molar-refractivity contribution in [2.24, 2.45) is 0 Å². The average Bonchev–Trinajstić information content (AvgIpc) is 2.13. The predicted molar refractivity (Wildman–Crippen MR) is 77.7 cm³/mol. The Labute approximate surface area is 108 Å². The first-order valence-corrected chi connectivity index (χ1v) is 6.15. The highest BCUT2D eigenvalue weighted by molar-refractivity contribution is 5.85.